The minimum atomic E-state index is -1.10. The van der Waals surface area contributed by atoms with E-state index in [1.165, 1.54) is 5.56 Å². The molecule has 8 heteroatoms. The molecule has 0 saturated carbocycles. The second-order valence-corrected chi connectivity index (χ2v) is 8.43. The number of nitrogens with zero attached hydrogens (tertiary/aromatic N) is 3. The fraction of sp³-hybridized carbons (Fsp3) is 0.545. The highest BCUT2D eigenvalue weighted by atomic mass is 16.5. The zero-order valence-electron chi connectivity index (χ0n) is 18.5. The molecule has 1 aromatic heterocycles. The summed E-state index contributed by atoms with van der Waals surface area (Å²) in [5.74, 6) is 2.23. The highest BCUT2D eigenvalue weighted by molar-refractivity contribution is 5.79. The number of para-hydroxylation sites is 1. The molecule has 164 valence electrons. The maximum atomic E-state index is 10.7. The molecule has 0 radical (unpaired) electrons. The van der Waals surface area contributed by atoms with E-state index in [1.54, 1.807) is 24.0 Å². The quantitative estimate of drug-likeness (QED) is 0.347. The number of aliphatic hydroxyl groups is 1. The molecular formula is C22H33N5O3. The molecule has 2 aromatic rings. The van der Waals surface area contributed by atoms with Gasteiger partial charge in [0, 0.05) is 37.3 Å². The van der Waals surface area contributed by atoms with E-state index in [9.17, 15) is 5.11 Å². The number of guanidine groups is 1. The van der Waals surface area contributed by atoms with Gasteiger partial charge in [0.25, 0.3) is 0 Å². The molecule has 1 unspecified atom stereocenters. The number of benzene rings is 1. The maximum Gasteiger partial charge on any atom is 0.191 e. The first-order valence-electron chi connectivity index (χ1n) is 10.4. The number of hydrogen-bond donors (Lipinski definition) is 3. The van der Waals surface area contributed by atoms with Crippen molar-refractivity contribution >= 4 is 5.96 Å². The summed E-state index contributed by atoms with van der Waals surface area (Å²) in [7, 11) is 1.82. The van der Waals surface area contributed by atoms with E-state index >= 15 is 0 Å². The Bertz CT molecular complexity index is 889. The molecular weight excluding hydrogens is 382 g/mol. The fourth-order valence-corrected chi connectivity index (χ4v) is 3.40. The summed E-state index contributed by atoms with van der Waals surface area (Å²) in [5, 5.41) is 21.3. The van der Waals surface area contributed by atoms with E-state index in [4.69, 9.17) is 9.47 Å². The molecule has 30 heavy (non-hydrogen) atoms. The summed E-state index contributed by atoms with van der Waals surface area (Å²) >= 11 is 0. The third-order valence-electron chi connectivity index (χ3n) is 4.92. The Morgan fingerprint density at radius 2 is 2.20 bits per heavy atom. The van der Waals surface area contributed by atoms with E-state index in [2.05, 4.69) is 40.6 Å². The van der Waals surface area contributed by atoms with E-state index < -0.39 is 5.60 Å². The molecule has 0 aliphatic carbocycles. The molecule has 0 bridgehead atoms. The van der Waals surface area contributed by atoms with Gasteiger partial charge in [0.15, 0.2) is 17.5 Å². The minimum absolute atomic E-state index is 0.198. The highest BCUT2D eigenvalue weighted by Gasteiger charge is 2.32. The smallest absolute Gasteiger partial charge is 0.191 e. The Hall–Kier alpha value is -2.74. The Kier molecular flexibility index (Phi) is 6.55. The van der Waals surface area contributed by atoms with Gasteiger partial charge < -0.3 is 25.2 Å². The summed E-state index contributed by atoms with van der Waals surface area (Å²) in [4.78, 5) is 4.52. The normalized spacial score (nSPS) is 17.1. The zero-order chi connectivity index (χ0) is 21.8. The molecule has 1 aliphatic rings. The SMILES string of the molecule is CCNC(=NCC(C)(O)c1cnn(C)c1)NCCOc1cccc2c1OC(C)(C)C2. The van der Waals surface area contributed by atoms with Crippen molar-refractivity contribution in [3.05, 3.63) is 41.7 Å². The summed E-state index contributed by atoms with van der Waals surface area (Å²) in [6.07, 6.45) is 4.34. The number of aromatic nitrogens is 2. The van der Waals surface area contributed by atoms with Crippen LogP contribution in [0.25, 0.3) is 0 Å². The van der Waals surface area contributed by atoms with Crippen molar-refractivity contribution in [2.45, 2.75) is 45.3 Å². The molecule has 3 rings (SSSR count). The van der Waals surface area contributed by atoms with Gasteiger partial charge in [0.2, 0.25) is 0 Å². The molecule has 2 heterocycles. The summed E-state index contributed by atoms with van der Waals surface area (Å²) < 4.78 is 13.7. The van der Waals surface area contributed by atoms with Gasteiger partial charge >= 0.3 is 0 Å². The second kappa shape index (κ2) is 8.95. The van der Waals surface area contributed by atoms with Gasteiger partial charge in [0.1, 0.15) is 17.8 Å². The van der Waals surface area contributed by atoms with Crippen LogP contribution in [0.5, 0.6) is 11.5 Å². The molecule has 0 fully saturated rings. The average molecular weight is 416 g/mol. The zero-order valence-corrected chi connectivity index (χ0v) is 18.5. The van der Waals surface area contributed by atoms with Gasteiger partial charge in [-0.15, -0.1) is 0 Å². The first-order chi connectivity index (χ1) is 14.2. The van der Waals surface area contributed by atoms with Crippen LogP contribution in [0.2, 0.25) is 0 Å². The van der Waals surface area contributed by atoms with Crippen LogP contribution in [-0.2, 0) is 19.1 Å². The number of aliphatic imine (C=N–C) groups is 1. The monoisotopic (exact) mass is 415 g/mol. The van der Waals surface area contributed by atoms with Crippen molar-refractivity contribution in [2.24, 2.45) is 12.0 Å². The molecule has 0 amide bonds. The van der Waals surface area contributed by atoms with Crippen molar-refractivity contribution in [1.29, 1.82) is 0 Å². The molecule has 0 saturated heterocycles. The lowest BCUT2D eigenvalue weighted by Gasteiger charge is -2.21. The molecule has 1 aromatic carbocycles. The Morgan fingerprint density at radius 1 is 1.40 bits per heavy atom. The fourth-order valence-electron chi connectivity index (χ4n) is 3.40. The van der Waals surface area contributed by atoms with E-state index in [0.717, 1.165) is 30.0 Å². The summed E-state index contributed by atoms with van der Waals surface area (Å²) in [6, 6.07) is 6.02. The summed E-state index contributed by atoms with van der Waals surface area (Å²) in [6.45, 7) is 9.85. The van der Waals surface area contributed by atoms with Crippen LogP contribution >= 0.6 is 0 Å². The molecule has 0 spiro atoms. The number of aryl methyl sites for hydroxylation is 1. The molecule has 8 nitrogen and oxygen atoms in total. The Labute approximate surface area is 178 Å². The third kappa shape index (κ3) is 5.44. The Balaban J connectivity index is 1.54. The van der Waals surface area contributed by atoms with Crippen LogP contribution in [0.3, 0.4) is 0 Å². The first kappa shape index (κ1) is 22.0. The van der Waals surface area contributed by atoms with Crippen LogP contribution in [0.4, 0.5) is 0 Å². The number of nitrogens with one attached hydrogen (secondary N) is 2. The van der Waals surface area contributed by atoms with Crippen molar-refractivity contribution in [1.82, 2.24) is 20.4 Å². The number of fused-ring (bicyclic) bond motifs is 1. The van der Waals surface area contributed by atoms with Gasteiger partial charge in [0.05, 0.1) is 19.3 Å². The summed E-state index contributed by atoms with van der Waals surface area (Å²) in [5.41, 5.74) is 0.615. The van der Waals surface area contributed by atoms with Crippen LogP contribution in [-0.4, -0.2) is 52.7 Å². The predicted octanol–water partition coefficient (Wildman–Crippen LogP) is 1.98. The maximum absolute atomic E-state index is 10.7. The standard InChI is InChI=1S/C22H33N5O3/c1-6-23-20(25-15-22(4,28)17-13-26-27(5)14-17)24-10-11-29-18-9-7-8-16-12-21(2,3)30-19(16)18/h7-9,13-14,28H,6,10-12,15H2,1-5H3,(H2,23,24,25). The van der Waals surface area contributed by atoms with Crippen LogP contribution in [0.1, 0.15) is 38.8 Å². The van der Waals surface area contributed by atoms with Crippen molar-refractivity contribution < 1.29 is 14.6 Å². The van der Waals surface area contributed by atoms with Crippen LogP contribution in [0, 0.1) is 0 Å². The van der Waals surface area contributed by atoms with Gasteiger partial charge in [-0.3, -0.25) is 4.68 Å². The number of hydrogen-bond acceptors (Lipinski definition) is 5. The minimum Gasteiger partial charge on any atom is -0.488 e. The van der Waals surface area contributed by atoms with Gasteiger partial charge in [-0.05, 0) is 33.8 Å². The molecule has 1 aliphatic heterocycles. The van der Waals surface area contributed by atoms with E-state index in [0.29, 0.717) is 19.1 Å². The lowest BCUT2D eigenvalue weighted by molar-refractivity contribution is 0.0671. The first-order valence-corrected chi connectivity index (χ1v) is 10.4. The lowest BCUT2D eigenvalue weighted by Crippen LogP contribution is -2.40. The molecule has 3 N–H and O–H groups in total. The predicted molar refractivity (Wildman–Crippen MR) is 117 cm³/mol. The lowest BCUT2D eigenvalue weighted by atomic mass is 10.0. The Morgan fingerprint density at radius 3 is 2.90 bits per heavy atom. The second-order valence-electron chi connectivity index (χ2n) is 8.43. The van der Waals surface area contributed by atoms with Crippen molar-refractivity contribution in [2.75, 3.05) is 26.2 Å². The van der Waals surface area contributed by atoms with Crippen molar-refractivity contribution in [3.63, 3.8) is 0 Å². The van der Waals surface area contributed by atoms with E-state index in [-0.39, 0.29) is 12.1 Å². The van der Waals surface area contributed by atoms with Crippen LogP contribution in [0.15, 0.2) is 35.6 Å². The van der Waals surface area contributed by atoms with Crippen LogP contribution < -0.4 is 20.1 Å². The largest absolute Gasteiger partial charge is 0.488 e. The van der Waals surface area contributed by atoms with E-state index in [1.807, 2.05) is 26.1 Å². The number of rotatable bonds is 8. The van der Waals surface area contributed by atoms with Gasteiger partial charge in [-0.2, -0.15) is 5.10 Å². The molecule has 1 atom stereocenters. The third-order valence-corrected chi connectivity index (χ3v) is 4.92. The van der Waals surface area contributed by atoms with Gasteiger partial charge in [-0.25, -0.2) is 4.99 Å². The topological polar surface area (TPSA) is 92.9 Å². The van der Waals surface area contributed by atoms with Crippen molar-refractivity contribution in [3.8, 4) is 11.5 Å². The van der Waals surface area contributed by atoms with Gasteiger partial charge in [-0.1, -0.05) is 12.1 Å². The number of ether oxygens (including phenoxy) is 2. The highest BCUT2D eigenvalue weighted by Crippen LogP contribution is 2.41. The average Bonchev–Trinajstić information content (AvgIpc) is 3.25.